The van der Waals surface area contributed by atoms with Crippen molar-refractivity contribution >= 4 is 38.4 Å². The van der Waals surface area contributed by atoms with Crippen LogP contribution in [0.4, 0.5) is 0 Å². The van der Waals surface area contributed by atoms with Gasteiger partial charge in [0.1, 0.15) is 0 Å². The van der Waals surface area contributed by atoms with Crippen molar-refractivity contribution in [3.05, 3.63) is 63.9 Å². The first-order valence-electron chi connectivity index (χ1n) is 10.4. The van der Waals surface area contributed by atoms with Gasteiger partial charge in [-0.2, -0.15) is 0 Å². The number of fused-ring (bicyclic) bond motifs is 1. The molecule has 3 aromatic rings. The van der Waals surface area contributed by atoms with E-state index in [0.717, 1.165) is 16.8 Å². The summed E-state index contributed by atoms with van der Waals surface area (Å²) >= 11 is 1.19. The fourth-order valence-corrected chi connectivity index (χ4v) is 6.50. The van der Waals surface area contributed by atoms with E-state index in [1.165, 1.54) is 11.8 Å². The Morgan fingerprint density at radius 3 is 2.66 bits per heavy atom. The molecule has 1 saturated heterocycles. The minimum atomic E-state index is -3.09. The molecular formula is C23H25N3O4S2. The highest BCUT2D eigenvalue weighted by Gasteiger charge is 2.30. The molecular weight excluding hydrogens is 446 g/mol. The van der Waals surface area contributed by atoms with Gasteiger partial charge in [0.25, 0.3) is 5.56 Å². The van der Waals surface area contributed by atoms with Crippen molar-refractivity contribution < 1.29 is 13.2 Å². The van der Waals surface area contributed by atoms with E-state index in [4.69, 9.17) is 4.98 Å². The summed E-state index contributed by atoms with van der Waals surface area (Å²) in [5, 5.41) is 3.19. The molecule has 2 heterocycles. The highest BCUT2D eigenvalue weighted by atomic mass is 32.2. The summed E-state index contributed by atoms with van der Waals surface area (Å²) < 4.78 is 25.0. The molecule has 1 N–H and O–H groups in total. The number of rotatable bonds is 5. The zero-order chi connectivity index (χ0) is 23.0. The second kappa shape index (κ2) is 8.71. The van der Waals surface area contributed by atoms with Crippen LogP contribution in [-0.4, -0.2) is 46.7 Å². The van der Waals surface area contributed by atoms with Gasteiger partial charge in [0, 0.05) is 6.04 Å². The molecule has 0 spiro atoms. The molecule has 9 heteroatoms. The number of thioether (sulfide) groups is 1. The number of aryl methyl sites for hydroxylation is 2. The Kier molecular flexibility index (Phi) is 6.13. The lowest BCUT2D eigenvalue weighted by Gasteiger charge is -2.19. The quantitative estimate of drug-likeness (QED) is 0.454. The van der Waals surface area contributed by atoms with E-state index in [2.05, 4.69) is 5.32 Å². The molecule has 1 aliphatic heterocycles. The fraction of sp³-hybridized carbons (Fsp3) is 0.348. The Balaban J connectivity index is 1.71. The third-order valence-corrected chi connectivity index (χ3v) is 8.39. The van der Waals surface area contributed by atoms with Crippen LogP contribution in [0.2, 0.25) is 0 Å². The molecule has 7 nitrogen and oxygen atoms in total. The topological polar surface area (TPSA) is 98.1 Å². The highest BCUT2D eigenvalue weighted by molar-refractivity contribution is 8.00. The summed E-state index contributed by atoms with van der Waals surface area (Å²) in [7, 11) is -3.09. The molecule has 0 saturated carbocycles. The Labute approximate surface area is 191 Å². The lowest BCUT2D eigenvalue weighted by Crippen LogP contribution is -2.40. The molecule has 1 fully saturated rings. The number of nitrogens with zero attached hydrogens (tertiary/aromatic N) is 2. The van der Waals surface area contributed by atoms with Crippen LogP contribution in [0.25, 0.3) is 16.6 Å². The van der Waals surface area contributed by atoms with E-state index >= 15 is 0 Å². The van der Waals surface area contributed by atoms with E-state index in [1.807, 2.05) is 38.1 Å². The number of hydrogen-bond donors (Lipinski definition) is 1. The lowest BCUT2D eigenvalue weighted by molar-refractivity contribution is -0.120. The van der Waals surface area contributed by atoms with Crippen LogP contribution in [0.5, 0.6) is 0 Å². The maximum absolute atomic E-state index is 13.4. The van der Waals surface area contributed by atoms with Gasteiger partial charge in [0.15, 0.2) is 15.0 Å². The molecule has 2 aromatic carbocycles. The third kappa shape index (κ3) is 4.59. The van der Waals surface area contributed by atoms with E-state index in [0.29, 0.717) is 22.5 Å². The number of sulfone groups is 1. The highest BCUT2D eigenvalue weighted by Crippen LogP contribution is 2.27. The number of carbonyl (C=O) groups is 1. The van der Waals surface area contributed by atoms with Crippen molar-refractivity contribution in [2.24, 2.45) is 0 Å². The van der Waals surface area contributed by atoms with Crippen molar-refractivity contribution in [3.8, 4) is 5.69 Å². The predicted octanol–water partition coefficient (Wildman–Crippen LogP) is 2.79. The minimum absolute atomic E-state index is 0.0301. The van der Waals surface area contributed by atoms with Gasteiger partial charge in [-0.05, 0) is 51.0 Å². The molecule has 168 valence electrons. The number of benzene rings is 2. The first-order valence-corrected chi connectivity index (χ1v) is 13.1. The van der Waals surface area contributed by atoms with Gasteiger partial charge in [0.05, 0.1) is 33.3 Å². The molecule has 0 radical (unpaired) electrons. The average Bonchev–Trinajstić information content (AvgIpc) is 3.07. The van der Waals surface area contributed by atoms with Crippen LogP contribution in [0, 0.1) is 13.8 Å². The Morgan fingerprint density at radius 2 is 1.97 bits per heavy atom. The standard InChI is InChI=1S/C23H25N3O4S2/c1-14-8-9-20(15(2)12-14)26-22(28)18-6-4-5-7-19(18)25-23(26)31-16(3)21(27)24-17-10-11-32(29,30)13-17/h4-9,12,16-17H,10-11,13H2,1-3H3,(H,24,27). The Morgan fingerprint density at radius 1 is 1.22 bits per heavy atom. The van der Waals surface area contributed by atoms with Crippen LogP contribution in [0.15, 0.2) is 52.4 Å². The molecule has 32 heavy (non-hydrogen) atoms. The number of hydrogen-bond acceptors (Lipinski definition) is 6. The number of amides is 1. The van der Waals surface area contributed by atoms with Gasteiger partial charge in [0.2, 0.25) is 5.91 Å². The SMILES string of the molecule is Cc1ccc(-n2c(SC(C)C(=O)NC3CCS(=O)(=O)C3)nc3ccccc3c2=O)c(C)c1. The van der Waals surface area contributed by atoms with Crippen LogP contribution in [-0.2, 0) is 14.6 Å². The van der Waals surface area contributed by atoms with E-state index in [9.17, 15) is 18.0 Å². The van der Waals surface area contributed by atoms with E-state index in [1.54, 1.807) is 29.7 Å². The van der Waals surface area contributed by atoms with Crippen LogP contribution in [0.3, 0.4) is 0 Å². The molecule has 1 amide bonds. The summed E-state index contributed by atoms with van der Waals surface area (Å²) in [6, 6.07) is 12.6. The van der Waals surface area contributed by atoms with Crippen LogP contribution >= 0.6 is 11.8 Å². The molecule has 1 aromatic heterocycles. The molecule has 0 aliphatic carbocycles. The average molecular weight is 472 g/mol. The number of aromatic nitrogens is 2. The van der Waals surface area contributed by atoms with E-state index in [-0.39, 0.29) is 29.0 Å². The summed E-state index contributed by atoms with van der Waals surface area (Å²) in [4.78, 5) is 30.9. The zero-order valence-electron chi connectivity index (χ0n) is 18.2. The lowest BCUT2D eigenvalue weighted by atomic mass is 10.1. The normalized spacial score (nSPS) is 18.5. The summed E-state index contributed by atoms with van der Waals surface area (Å²) in [5.74, 6) is -0.207. The number of para-hydroxylation sites is 1. The van der Waals surface area contributed by atoms with Crippen molar-refractivity contribution in [1.82, 2.24) is 14.9 Å². The monoisotopic (exact) mass is 471 g/mol. The van der Waals surface area contributed by atoms with Crippen LogP contribution in [0.1, 0.15) is 24.5 Å². The third-order valence-electron chi connectivity index (χ3n) is 5.57. The first kappa shape index (κ1) is 22.5. The zero-order valence-corrected chi connectivity index (χ0v) is 19.8. The predicted molar refractivity (Wildman–Crippen MR) is 127 cm³/mol. The maximum atomic E-state index is 13.4. The number of carbonyl (C=O) groups excluding carboxylic acids is 1. The first-order chi connectivity index (χ1) is 15.1. The molecule has 4 rings (SSSR count). The van der Waals surface area contributed by atoms with E-state index < -0.39 is 15.1 Å². The van der Waals surface area contributed by atoms with Crippen molar-refractivity contribution in [2.45, 2.75) is 43.6 Å². The molecule has 2 atom stereocenters. The summed E-state index contributed by atoms with van der Waals surface area (Å²) in [5.41, 5.74) is 3.10. The van der Waals surface area contributed by atoms with Gasteiger partial charge in [-0.3, -0.25) is 14.2 Å². The van der Waals surface area contributed by atoms with Gasteiger partial charge in [-0.25, -0.2) is 13.4 Å². The Bertz CT molecular complexity index is 1370. The number of nitrogens with one attached hydrogen (secondary N) is 1. The van der Waals surface area contributed by atoms with Gasteiger partial charge < -0.3 is 5.32 Å². The largest absolute Gasteiger partial charge is 0.351 e. The maximum Gasteiger partial charge on any atom is 0.266 e. The van der Waals surface area contributed by atoms with Gasteiger partial charge in [-0.1, -0.05) is 41.6 Å². The summed E-state index contributed by atoms with van der Waals surface area (Å²) in [6.07, 6.45) is 0.424. The van der Waals surface area contributed by atoms with Crippen LogP contribution < -0.4 is 10.9 Å². The molecule has 1 aliphatic rings. The Hall–Kier alpha value is -2.65. The van der Waals surface area contributed by atoms with Gasteiger partial charge >= 0.3 is 0 Å². The fourth-order valence-electron chi connectivity index (χ4n) is 3.90. The molecule has 2 unspecified atom stereocenters. The second-order valence-corrected chi connectivity index (χ2v) is 11.7. The van der Waals surface area contributed by atoms with Crippen molar-refractivity contribution in [3.63, 3.8) is 0 Å². The smallest absolute Gasteiger partial charge is 0.266 e. The van der Waals surface area contributed by atoms with Gasteiger partial charge in [-0.15, -0.1) is 0 Å². The minimum Gasteiger partial charge on any atom is -0.351 e. The second-order valence-electron chi connectivity index (χ2n) is 8.21. The van der Waals surface area contributed by atoms with Crippen molar-refractivity contribution in [1.29, 1.82) is 0 Å². The van der Waals surface area contributed by atoms with Crippen molar-refractivity contribution in [2.75, 3.05) is 11.5 Å². The molecule has 0 bridgehead atoms. The summed E-state index contributed by atoms with van der Waals surface area (Å²) in [6.45, 7) is 5.66.